The fourth-order valence-electron chi connectivity index (χ4n) is 2.08. The van der Waals surface area contributed by atoms with Gasteiger partial charge in [0, 0.05) is 5.56 Å². The first-order valence-corrected chi connectivity index (χ1v) is 6.96. The normalized spacial score (nSPS) is 10.6. The third kappa shape index (κ3) is 3.24. The van der Waals surface area contributed by atoms with E-state index in [1.165, 1.54) is 12.3 Å². The van der Waals surface area contributed by atoms with E-state index in [4.69, 9.17) is 14.9 Å². The van der Waals surface area contributed by atoms with E-state index >= 15 is 0 Å². The lowest BCUT2D eigenvalue weighted by atomic mass is 10.2. The van der Waals surface area contributed by atoms with Crippen LogP contribution in [-0.4, -0.2) is 10.9 Å². The predicted octanol–water partition coefficient (Wildman–Crippen LogP) is 3.30. The van der Waals surface area contributed by atoms with Gasteiger partial charge >= 0.3 is 0 Å². The Morgan fingerprint density at radius 1 is 1.17 bits per heavy atom. The molecule has 0 fully saturated rings. The van der Waals surface area contributed by atoms with Gasteiger partial charge in [-0.2, -0.15) is 0 Å². The summed E-state index contributed by atoms with van der Waals surface area (Å²) in [5.74, 6) is -2.08. The van der Waals surface area contributed by atoms with Crippen LogP contribution in [0.5, 0.6) is 5.75 Å². The topological polar surface area (TPSA) is 78.4 Å². The molecule has 0 aliphatic rings. The summed E-state index contributed by atoms with van der Waals surface area (Å²) in [6, 6.07) is 9.88. The number of benzene rings is 2. The summed E-state index contributed by atoms with van der Waals surface area (Å²) in [6.45, 7) is 0.0253. The largest absolute Gasteiger partial charge is 0.486 e. The second kappa shape index (κ2) is 6.49. The molecule has 24 heavy (non-hydrogen) atoms. The average Bonchev–Trinajstić information content (AvgIpc) is 3.04. The molecule has 1 aromatic heterocycles. The molecule has 0 atom stereocenters. The Kier molecular flexibility index (Phi) is 4.24. The van der Waals surface area contributed by atoms with Crippen LogP contribution >= 0.6 is 0 Å². The highest BCUT2D eigenvalue weighted by molar-refractivity contribution is 5.95. The maximum absolute atomic E-state index is 13.2. The molecule has 0 saturated carbocycles. The number of halogens is 2. The summed E-state index contributed by atoms with van der Waals surface area (Å²) in [5.41, 5.74) is 6.25. The number of rotatable bonds is 5. The van der Waals surface area contributed by atoms with E-state index in [1.54, 1.807) is 24.3 Å². The van der Waals surface area contributed by atoms with Crippen LogP contribution in [-0.2, 0) is 6.61 Å². The Morgan fingerprint density at radius 3 is 2.71 bits per heavy atom. The zero-order chi connectivity index (χ0) is 17.1. The van der Waals surface area contributed by atoms with Gasteiger partial charge in [-0.1, -0.05) is 12.1 Å². The third-order valence-corrected chi connectivity index (χ3v) is 3.25. The molecule has 0 saturated heterocycles. The summed E-state index contributed by atoms with van der Waals surface area (Å²) in [5, 5.41) is 0. The number of hydrogen-bond acceptors (Lipinski definition) is 4. The Labute approximate surface area is 135 Å². The number of nitrogens with two attached hydrogens (primary N) is 1. The van der Waals surface area contributed by atoms with Crippen molar-refractivity contribution in [1.82, 2.24) is 4.98 Å². The van der Waals surface area contributed by atoms with E-state index in [2.05, 4.69) is 4.98 Å². The summed E-state index contributed by atoms with van der Waals surface area (Å²) in [4.78, 5) is 15.5. The molecular weight excluding hydrogens is 318 g/mol. The molecule has 0 radical (unpaired) electrons. The Bertz CT molecular complexity index is 893. The molecule has 2 aromatic carbocycles. The van der Waals surface area contributed by atoms with E-state index in [9.17, 15) is 13.6 Å². The number of primary amides is 1. The number of para-hydroxylation sites is 1. The second-order valence-electron chi connectivity index (χ2n) is 4.92. The second-order valence-corrected chi connectivity index (χ2v) is 4.92. The fraction of sp³-hybridized carbons (Fsp3) is 0.0588. The number of amides is 1. The van der Waals surface area contributed by atoms with Crippen LogP contribution in [0.2, 0.25) is 0 Å². The first-order chi connectivity index (χ1) is 11.5. The van der Waals surface area contributed by atoms with Crippen molar-refractivity contribution in [3.8, 4) is 17.2 Å². The minimum Gasteiger partial charge on any atom is -0.486 e. The van der Waals surface area contributed by atoms with Crippen LogP contribution in [0.4, 0.5) is 8.78 Å². The van der Waals surface area contributed by atoms with Crippen LogP contribution in [0.3, 0.4) is 0 Å². The fourth-order valence-corrected chi connectivity index (χ4v) is 2.08. The number of carbonyl (C=O) groups excluding carboxylic acids is 1. The molecule has 0 spiro atoms. The van der Waals surface area contributed by atoms with Gasteiger partial charge in [0.1, 0.15) is 24.3 Å². The molecule has 1 amide bonds. The number of nitrogens with zero attached hydrogens (tertiary/aromatic N) is 1. The van der Waals surface area contributed by atoms with E-state index < -0.39 is 17.5 Å². The zero-order valence-corrected chi connectivity index (χ0v) is 12.3. The van der Waals surface area contributed by atoms with E-state index in [0.29, 0.717) is 17.0 Å². The third-order valence-electron chi connectivity index (χ3n) is 3.25. The van der Waals surface area contributed by atoms with E-state index in [-0.39, 0.29) is 18.1 Å². The highest BCUT2D eigenvalue weighted by atomic mass is 19.2. The predicted molar refractivity (Wildman–Crippen MR) is 81.1 cm³/mol. The van der Waals surface area contributed by atoms with Crippen molar-refractivity contribution in [1.29, 1.82) is 0 Å². The van der Waals surface area contributed by atoms with Crippen molar-refractivity contribution >= 4 is 5.91 Å². The maximum atomic E-state index is 13.2. The standard InChI is InChI=1S/C17H12F2N2O3/c18-13-6-5-10(7-14(13)19)17-21-11(9-24-17)8-23-15-4-2-1-3-12(15)16(20)22/h1-7,9H,8H2,(H2,20,22). The molecule has 1 heterocycles. The minimum atomic E-state index is -0.987. The van der Waals surface area contributed by atoms with Gasteiger partial charge in [-0.3, -0.25) is 4.79 Å². The first-order valence-electron chi connectivity index (χ1n) is 6.96. The van der Waals surface area contributed by atoms with Crippen molar-refractivity contribution in [2.45, 2.75) is 6.61 Å². The number of aromatic nitrogens is 1. The molecular formula is C17H12F2N2O3. The molecule has 2 N–H and O–H groups in total. The van der Waals surface area contributed by atoms with Crippen LogP contribution < -0.4 is 10.5 Å². The molecule has 0 bridgehead atoms. The molecule has 7 heteroatoms. The van der Waals surface area contributed by atoms with Gasteiger partial charge in [0.15, 0.2) is 11.6 Å². The van der Waals surface area contributed by atoms with Gasteiger partial charge in [-0.15, -0.1) is 0 Å². The molecule has 0 aliphatic carbocycles. The van der Waals surface area contributed by atoms with Gasteiger partial charge in [0.05, 0.1) is 5.56 Å². The summed E-state index contributed by atoms with van der Waals surface area (Å²) in [6.07, 6.45) is 1.34. The Morgan fingerprint density at radius 2 is 1.96 bits per heavy atom. The van der Waals surface area contributed by atoms with E-state index in [0.717, 1.165) is 12.1 Å². The Balaban J connectivity index is 1.75. The van der Waals surface area contributed by atoms with Gasteiger partial charge in [-0.05, 0) is 30.3 Å². The summed E-state index contributed by atoms with van der Waals surface area (Å²) < 4.78 is 37.0. The quantitative estimate of drug-likeness (QED) is 0.778. The van der Waals surface area contributed by atoms with Gasteiger partial charge in [0.25, 0.3) is 5.91 Å². The molecule has 3 aromatic rings. The van der Waals surface area contributed by atoms with Gasteiger partial charge < -0.3 is 14.9 Å². The van der Waals surface area contributed by atoms with E-state index in [1.807, 2.05) is 0 Å². The van der Waals surface area contributed by atoms with Crippen LogP contribution in [0.15, 0.2) is 53.1 Å². The monoisotopic (exact) mass is 330 g/mol. The molecule has 0 unspecified atom stereocenters. The highest BCUT2D eigenvalue weighted by Crippen LogP contribution is 2.22. The SMILES string of the molecule is NC(=O)c1ccccc1OCc1coc(-c2ccc(F)c(F)c2)n1. The number of carbonyl (C=O) groups is 1. The number of hydrogen-bond donors (Lipinski definition) is 1. The number of oxazole rings is 1. The lowest BCUT2D eigenvalue weighted by molar-refractivity contribution is 0.0996. The molecule has 3 rings (SSSR count). The van der Waals surface area contributed by atoms with Crippen molar-refractivity contribution < 1.29 is 22.7 Å². The lowest BCUT2D eigenvalue weighted by Gasteiger charge is -2.07. The van der Waals surface area contributed by atoms with Crippen LogP contribution in [0.1, 0.15) is 16.1 Å². The summed E-state index contributed by atoms with van der Waals surface area (Å²) >= 11 is 0. The Hall–Kier alpha value is -3.22. The average molecular weight is 330 g/mol. The van der Waals surface area contributed by atoms with Crippen molar-refractivity contribution in [2.24, 2.45) is 5.73 Å². The van der Waals surface area contributed by atoms with Crippen molar-refractivity contribution in [3.05, 3.63) is 71.6 Å². The van der Waals surface area contributed by atoms with Crippen molar-refractivity contribution in [3.63, 3.8) is 0 Å². The maximum Gasteiger partial charge on any atom is 0.252 e. The smallest absolute Gasteiger partial charge is 0.252 e. The zero-order valence-electron chi connectivity index (χ0n) is 12.3. The van der Waals surface area contributed by atoms with Gasteiger partial charge in [-0.25, -0.2) is 13.8 Å². The van der Waals surface area contributed by atoms with Crippen molar-refractivity contribution in [2.75, 3.05) is 0 Å². The molecule has 0 aliphatic heterocycles. The van der Waals surface area contributed by atoms with Crippen LogP contribution in [0.25, 0.3) is 11.5 Å². The lowest BCUT2D eigenvalue weighted by Crippen LogP contribution is -2.12. The minimum absolute atomic E-state index is 0.0253. The molecule has 122 valence electrons. The molecule has 5 nitrogen and oxygen atoms in total. The highest BCUT2D eigenvalue weighted by Gasteiger charge is 2.12. The van der Waals surface area contributed by atoms with Gasteiger partial charge in [0.2, 0.25) is 5.89 Å². The van der Waals surface area contributed by atoms with Crippen LogP contribution in [0, 0.1) is 11.6 Å². The number of ether oxygens (including phenoxy) is 1. The first kappa shape index (κ1) is 15.7. The summed E-state index contributed by atoms with van der Waals surface area (Å²) in [7, 11) is 0.